The Bertz CT molecular complexity index is 604. The Morgan fingerprint density at radius 2 is 2.10 bits per heavy atom. The molecule has 0 spiro atoms. The summed E-state index contributed by atoms with van der Waals surface area (Å²) in [6.07, 6.45) is 2.54. The van der Waals surface area contributed by atoms with Crippen molar-refractivity contribution in [2.45, 2.75) is 38.2 Å². The molecule has 20 heavy (non-hydrogen) atoms. The molecule has 1 atom stereocenters. The molecule has 1 unspecified atom stereocenters. The van der Waals surface area contributed by atoms with E-state index in [9.17, 15) is 4.39 Å². The van der Waals surface area contributed by atoms with Crippen LogP contribution < -0.4 is 0 Å². The van der Waals surface area contributed by atoms with Crippen LogP contribution in [0.25, 0.3) is 11.0 Å². The first-order chi connectivity index (χ1) is 9.69. The van der Waals surface area contributed by atoms with E-state index in [1.807, 2.05) is 0 Å². The lowest BCUT2D eigenvalue weighted by Gasteiger charge is -2.25. The molecular weight excluding hydrogens is 277 g/mol. The van der Waals surface area contributed by atoms with E-state index in [2.05, 4.69) is 21.4 Å². The second kappa shape index (κ2) is 5.70. The van der Waals surface area contributed by atoms with Gasteiger partial charge >= 0.3 is 0 Å². The number of rotatable bonds is 4. The molecule has 0 aliphatic carbocycles. The van der Waals surface area contributed by atoms with E-state index < -0.39 is 0 Å². The van der Waals surface area contributed by atoms with Crippen LogP contribution in [0.4, 0.5) is 4.39 Å². The molecule has 108 valence electrons. The highest BCUT2D eigenvalue weighted by Gasteiger charge is 2.20. The van der Waals surface area contributed by atoms with E-state index in [1.54, 1.807) is 12.1 Å². The highest BCUT2D eigenvalue weighted by atomic mass is 35.5. The Morgan fingerprint density at radius 1 is 1.35 bits per heavy atom. The fourth-order valence-electron chi connectivity index (χ4n) is 3.01. The quantitative estimate of drug-likeness (QED) is 0.806. The predicted molar refractivity (Wildman–Crippen MR) is 79.5 cm³/mol. The molecule has 1 fully saturated rings. The number of likely N-dealkylation sites (tertiary alicyclic amines) is 1. The van der Waals surface area contributed by atoms with Crippen molar-refractivity contribution in [3.63, 3.8) is 0 Å². The van der Waals surface area contributed by atoms with Crippen LogP contribution in [0.1, 0.15) is 25.6 Å². The second-order valence-corrected chi connectivity index (χ2v) is 5.76. The Kier molecular flexibility index (Phi) is 3.94. The third kappa shape index (κ3) is 2.54. The van der Waals surface area contributed by atoms with Gasteiger partial charge in [-0.15, -0.1) is 11.6 Å². The molecule has 1 aromatic carbocycles. The minimum atomic E-state index is -0.228. The topological polar surface area (TPSA) is 21.1 Å². The SMILES string of the molecule is CC(Cn1c(CCl)nc2ccc(F)cc21)N1CCCC1. The molecule has 0 bridgehead atoms. The molecule has 0 radical (unpaired) electrons. The lowest BCUT2D eigenvalue weighted by molar-refractivity contribution is 0.236. The zero-order valence-electron chi connectivity index (χ0n) is 11.6. The fraction of sp³-hybridized carbons (Fsp3) is 0.533. The molecule has 0 saturated carbocycles. The Morgan fingerprint density at radius 3 is 2.80 bits per heavy atom. The maximum absolute atomic E-state index is 13.5. The highest BCUT2D eigenvalue weighted by molar-refractivity contribution is 6.16. The van der Waals surface area contributed by atoms with E-state index in [1.165, 1.54) is 18.9 Å². The van der Waals surface area contributed by atoms with Crippen LogP contribution in [-0.2, 0) is 12.4 Å². The van der Waals surface area contributed by atoms with Gasteiger partial charge in [-0.25, -0.2) is 9.37 Å². The first kappa shape index (κ1) is 13.8. The fourth-order valence-corrected chi connectivity index (χ4v) is 3.22. The molecule has 1 aliphatic heterocycles. The van der Waals surface area contributed by atoms with Gasteiger partial charge in [-0.1, -0.05) is 0 Å². The maximum Gasteiger partial charge on any atom is 0.125 e. The summed E-state index contributed by atoms with van der Waals surface area (Å²) in [7, 11) is 0. The summed E-state index contributed by atoms with van der Waals surface area (Å²) in [4.78, 5) is 6.97. The number of aromatic nitrogens is 2. The van der Waals surface area contributed by atoms with Gasteiger partial charge in [0.2, 0.25) is 0 Å². The van der Waals surface area contributed by atoms with Crippen molar-refractivity contribution in [3.05, 3.63) is 29.8 Å². The van der Waals surface area contributed by atoms with Crippen LogP contribution in [0, 0.1) is 5.82 Å². The minimum absolute atomic E-state index is 0.228. The van der Waals surface area contributed by atoms with Gasteiger partial charge in [-0.3, -0.25) is 4.90 Å². The zero-order chi connectivity index (χ0) is 14.1. The molecule has 2 aromatic rings. The van der Waals surface area contributed by atoms with Gasteiger partial charge in [0.1, 0.15) is 11.6 Å². The van der Waals surface area contributed by atoms with Crippen LogP contribution in [0.15, 0.2) is 18.2 Å². The molecular formula is C15H19ClFN3. The second-order valence-electron chi connectivity index (χ2n) is 5.50. The van der Waals surface area contributed by atoms with Crippen LogP contribution in [0.2, 0.25) is 0 Å². The molecule has 5 heteroatoms. The molecule has 0 amide bonds. The van der Waals surface area contributed by atoms with Gasteiger partial charge in [0.25, 0.3) is 0 Å². The molecule has 3 rings (SSSR count). The third-order valence-electron chi connectivity index (χ3n) is 4.12. The van der Waals surface area contributed by atoms with Crippen LogP contribution >= 0.6 is 11.6 Å². The number of nitrogens with zero attached hydrogens (tertiary/aromatic N) is 3. The van der Waals surface area contributed by atoms with Crippen molar-refractivity contribution in [2.24, 2.45) is 0 Å². The van der Waals surface area contributed by atoms with Crippen molar-refractivity contribution in [1.29, 1.82) is 0 Å². The largest absolute Gasteiger partial charge is 0.325 e. The summed E-state index contributed by atoms with van der Waals surface area (Å²) in [6, 6.07) is 5.13. The number of hydrogen-bond donors (Lipinski definition) is 0. The molecule has 2 heterocycles. The Hall–Kier alpha value is -1.13. The predicted octanol–water partition coefficient (Wildman–Crippen LogP) is 3.40. The number of hydrogen-bond acceptors (Lipinski definition) is 2. The number of halogens is 2. The molecule has 1 aromatic heterocycles. The van der Waals surface area contributed by atoms with Crippen LogP contribution in [0.3, 0.4) is 0 Å². The van der Waals surface area contributed by atoms with E-state index >= 15 is 0 Å². The minimum Gasteiger partial charge on any atom is -0.325 e. The lowest BCUT2D eigenvalue weighted by Crippen LogP contribution is -2.34. The van der Waals surface area contributed by atoms with Crippen molar-refractivity contribution in [3.8, 4) is 0 Å². The van der Waals surface area contributed by atoms with Gasteiger partial charge in [0, 0.05) is 12.6 Å². The molecule has 1 saturated heterocycles. The average molecular weight is 296 g/mol. The summed E-state index contributed by atoms with van der Waals surface area (Å²) in [6.45, 7) is 5.33. The average Bonchev–Trinajstić information content (AvgIpc) is 3.07. The first-order valence-electron chi connectivity index (χ1n) is 7.13. The van der Waals surface area contributed by atoms with Crippen molar-refractivity contribution >= 4 is 22.6 Å². The number of fused-ring (bicyclic) bond motifs is 1. The van der Waals surface area contributed by atoms with Gasteiger partial charge < -0.3 is 4.57 Å². The maximum atomic E-state index is 13.5. The normalized spacial score (nSPS) is 17.9. The Balaban J connectivity index is 1.94. The number of alkyl halides is 1. The van der Waals surface area contributed by atoms with Crippen LogP contribution in [-0.4, -0.2) is 33.6 Å². The van der Waals surface area contributed by atoms with Crippen molar-refractivity contribution < 1.29 is 4.39 Å². The zero-order valence-corrected chi connectivity index (χ0v) is 12.4. The van der Waals surface area contributed by atoms with E-state index in [0.29, 0.717) is 11.9 Å². The van der Waals surface area contributed by atoms with E-state index in [0.717, 1.165) is 36.5 Å². The lowest BCUT2D eigenvalue weighted by atomic mass is 10.2. The highest BCUT2D eigenvalue weighted by Crippen LogP contribution is 2.21. The molecule has 3 nitrogen and oxygen atoms in total. The number of benzene rings is 1. The molecule has 0 N–H and O–H groups in total. The van der Waals surface area contributed by atoms with Gasteiger partial charge in [0.15, 0.2) is 0 Å². The smallest absolute Gasteiger partial charge is 0.125 e. The monoisotopic (exact) mass is 295 g/mol. The summed E-state index contributed by atoms with van der Waals surface area (Å²) in [5, 5.41) is 0. The first-order valence-corrected chi connectivity index (χ1v) is 7.67. The number of imidazole rings is 1. The standard InChI is InChI=1S/C15H19ClFN3/c1-11(19-6-2-3-7-19)10-20-14-8-12(17)4-5-13(14)18-15(20)9-16/h4-5,8,11H,2-3,6-7,9-10H2,1H3. The van der Waals surface area contributed by atoms with Crippen molar-refractivity contribution in [2.75, 3.05) is 13.1 Å². The van der Waals surface area contributed by atoms with E-state index in [4.69, 9.17) is 11.6 Å². The summed E-state index contributed by atoms with van der Waals surface area (Å²) < 4.78 is 15.5. The molecule has 1 aliphatic rings. The third-order valence-corrected chi connectivity index (χ3v) is 4.36. The summed E-state index contributed by atoms with van der Waals surface area (Å²) >= 11 is 6.00. The van der Waals surface area contributed by atoms with E-state index in [-0.39, 0.29) is 5.82 Å². The van der Waals surface area contributed by atoms with Gasteiger partial charge in [-0.2, -0.15) is 0 Å². The van der Waals surface area contributed by atoms with Crippen LogP contribution in [0.5, 0.6) is 0 Å². The summed E-state index contributed by atoms with van der Waals surface area (Å²) in [5.74, 6) is 0.940. The van der Waals surface area contributed by atoms with Crippen molar-refractivity contribution in [1.82, 2.24) is 14.5 Å². The van der Waals surface area contributed by atoms with Gasteiger partial charge in [-0.05, 0) is 51.1 Å². The Labute approximate surface area is 123 Å². The van der Waals surface area contributed by atoms with Gasteiger partial charge in [0.05, 0.1) is 16.9 Å². The summed E-state index contributed by atoms with van der Waals surface area (Å²) in [5.41, 5.74) is 1.65.